The van der Waals surface area contributed by atoms with E-state index in [4.69, 9.17) is 0 Å². The molecule has 4 rings (SSSR count). The zero-order valence-corrected chi connectivity index (χ0v) is 20.9. The van der Waals surface area contributed by atoms with Crippen molar-refractivity contribution in [2.24, 2.45) is 52.3 Å². The van der Waals surface area contributed by atoms with E-state index >= 15 is 0 Å². The molecule has 1 N–H and O–H groups in total. The summed E-state index contributed by atoms with van der Waals surface area (Å²) in [5, 5.41) is 10.3. The van der Waals surface area contributed by atoms with Crippen LogP contribution in [-0.4, -0.2) is 11.2 Å². The smallest absolute Gasteiger partial charge is 0.0543 e. The van der Waals surface area contributed by atoms with Gasteiger partial charge in [-0.15, -0.1) is 0 Å². The molecule has 30 heavy (non-hydrogen) atoms. The van der Waals surface area contributed by atoms with Gasteiger partial charge in [-0.05, 0) is 110 Å². The molecule has 0 amide bonds. The van der Waals surface area contributed by atoms with Crippen LogP contribution in [0.4, 0.5) is 0 Å². The molecule has 0 aliphatic heterocycles. The van der Waals surface area contributed by atoms with E-state index in [9.17, 15) is 5.11 Å². The molecular weight excluding hydrogens is 364 g/mol. The van der Waals surface area contributed by atoms with Crippen molar-refractivity contribution in [1.29, 1.82) is 0 Å². The minimum Gasteiger partial charge on any atom is -0.393 e. The van der Waals surface area contributed by atoms with Gasteiger partial charge in [-0.1, -0.05) is 66.0 Å². The molecule has 0 heterocycles. The number of aliphatic hydroxyl groups is 1. The lowest BCUT2D eigenvalue weighted by Crippen LogP contribution is -2.49. The highest BCUT2D eigenvalue weighted by molar-refractivity contribution is 5.27. The van der Waals surface area contributed by atoms with Crippen LogP contribution in [0.1, 0.15) is 112 Å². The van der Waals surface area contributed by atoms with Crippen LogP contribution < -0.4 is 0 Å². The second kappa shape index (κ2) is 8.57. The fourth-order valence-corrected chi connectivity index (χ4v) is 9.15. The van der Waals surface area contributed by atoms with Gasteiger partial charge in [-0.2, -0.15) is 0 Å². The average molecular weight is 415 g/mol. The summed E-state index contributed by atoms with van der Waals surface area (Å²) in [7, 11) is 0. The second-order valence-corrected chi connectivity index (χ2v) is 12.9. The van der Waals surface area contributed by atoms with Gasteiger partial charge in [0.05, 0.1) is 6.10 Å². The third-order valence-corrected chi connectivity index (χ3v) is 11.3. The van der Waals surface area contributed by atoms with Crippen molar-refractivity contribution < 1.29 is 5.11 Å². The van der Waals surface area contributed by atoms with E-state index in [0.29, 0.717) is 10.8 Å². The van der Waals surface area contributed by atoms with Crippen LogP contribution in [0.2, 0.25) is 0 Å². The Bertz CT molecular complexity index is 634. The number of hydrogen-bond acceptors (Lipinski definition) is 1. The number of hydrogen-bond donors (Lipinski definition) is 1. The van der Waals surface area contributed by atoms with E-state index in [-0.39, 0.29) is 6.10 Å². The first-order valence-electron chi connectivity index (χ1n) is 13.6. The predicted octanol–water partition coefficient (Wildman–Crippen LogP) is 8.02. The van der Waals surface area contributed by atoms with Crippen molar-refractivity contribution in [3.63, 3.8) is 0 Å². The van der Waals surface area contributed by atoms with Crippen molar-refractivity contribution >= 4 is 0 Å². The summed E-state index contributed by atoms with van der Waals surface area (Å²) in [6.45, 7) is 15.1. The predicted molar refractivity (Wildman–Crippen MR) is 128 cm³/mol. The minimum absolute atomic E-state index is 0.0404. The summed E-state index contributed by atoms with van der Waals surface area (Å²) < 4.78 is 0. The molecule has 1 heteroatoms. The lowest BCUT2D eigenvalue weighted by atomic mass is 9.47. The molecule has 0 aromatic carbocycles. The van der Waals surface area contributed by atoms with Gasteiger partial charge in [0.2, 0.25) is 0 Å². The molecule has 3 saturated carbocycles. The van der Waals surface area contributed by atoms with E-state index < -0.39 is 0 Å². The van der Waals surface area contributed by atoms with Gasteiger partial charge in [0, 0.05) is 0 Å². The first kappa shape index (κ1) is 22.9. The van der Waals surface area contributed by atoms with Gasteiger partial charge in [0.1, 0.15) is 0 Å². The summed E-state index contributed by atoms with van der Waals surface area (Å²) in [6, 6.07) is 0. The van der Waals surface area contributed by atoms with E-state index in [1.165, 1.54) is 57.8 Å². The topological polar surface area (TPSA) is 20.2 Å². The Labute approximate surface area is 187 Å². The molecular formula is C29H50O. The van der Waals surface area contributed by atoms with Crippen molar-refractivity contribution in [1.82, 2.24) is 0 Å². The van der Waals surface area contributed by atoms with Crippen molar-refractivity contribution in [3.05, 3.63) is 11.6 Å². The molecule has 9 atom stereocenters. The van der Waals surface area contributed by atoms with E-state index in [2.05, 4.69) is 47.6 Å². The molecule has 0 radical (unpaired) electrons. The fraction of sp³-hybridized carbons (Fsp3) is 0.931. The standard InChI is InChI=1S/C29H50O/c1-7-21(19(2)3)9-8-20(4)25-12-13-26-24-11-10-22-18-23(30)14-16-28(22,5)27(24)15-17-29(25,26)6/h11,19-23,25-27,30H,7-10,12-18H2,1-6H3/t20-,21+,22+,23+,25-,26+,27+,28+,29-/m1/s1. The minimum atomic E-state index is -0.0404. The van der Waals surface area contributed by atoms with Crippen LogP contribution in [0, 0.1) is 52.3 Å². The molecule has 0 aromatic rings. The third kappa shape index (κ3) is 3.74. The number of rotatable bonds is 6. The van der Waals surface area contributed by atoms with Crippen LogP contribution in [-0.2, 0) is 0 Å². The molecule has 4 aliphatic carbocycles. The summed E-state index contributed by atoms with van der Waals surface area (Å²) in [5.74, 6) is 5.92. The van der Waals surface area contributed by atoms with Crippen LogP contribution in [0.25, 0.3) is 0 Å². The zero-order chi connectivity index (χ0) is 21.7. The Balaban J connectivity index is 1.48. The highest BCUT2D eigenvalue weighted by atomic mass is 16.3. The Morgan fingerprint density at radius 3 is 2.37 bits per heavy atom. The molecule has 172 valence electrons. The summed E-state index contributed by atoms with van der Waals surface area (Å²) >= 11 is 0. The van der Waals surface area contributed by atoms with Crippen LogP contribution in [0.3, 0.4) is 0 Å². The number of fused-ring (bicyclic) bond motifs is 5. The van der Waals surface area contributed by atoms with Crippen molar-refractivity contribution in [3.8, 4) is 0 Å². The van der Waals surface area contributed by atoms with Gasteiger partial charge in [0.25, 0.3) is 0 Å². The quantitative estimate of drug-likeness (QED) is 0.436. The summed E-state index contributed by atoms with van der Waals surface area (Å²) in [6.07, 6.45) is 17.2. The van der Waals surface area contributed by atoms with Crippen LogP contribution >= 0.6 is 0 Å². The number of allylic oxidation sites excluding steroid dienone is 2. The molecule has 3 fully saturated rings. The van der Waals surface area contributed by atoms with Gasteiger partial charge >= 0.3 is 0 Å². The monoisotopic (exact) mass is 414 g/mol. The second-order valence-electron chi connectivity index (χ2n) is 12.9. The maximum atomic E-state index is 10.3. The molecule has 0 unspecified atom stereocenters. The molecule has 0 aromatic heterocycles. The van der Waals surface area contributed by atoms with E-state index in [1.807, 2.05) is 5.57 Å². The number of aliphatic hydroxyl groups excluding tert-OH is 1. The first-order chi connectivity index (χ1) is 14.2. The fourth-order valence-electron chi connectivity index (χ4n) is 9.15. The molecule has 4 aliphatic rings. The van der Waals surface area contributed by atoms with E-state index in [1.54, 1.807) is 0 Å². The average Bonchev–Trinajstić information content (AvgIpc) is 3.06. The Morgan fingerprint density at radius 1 is 0.967 bits per heavy atom. The first-order valence-corrected chi connectivity index (χ1v) is 13.6. The van der Waals surface area contributed by atoms with Crippen LogP contribution in [0.15, 0.2) is 11.6 Å². The molecule has 0 spiro atoms. The Morgan fingerprint density at radius 2 is 1.67 bits per heavy atom. The van der Waals surface area contributed by atoms with Gasteiger partial charge in [-0.3, -0.25) is 0 Å². The van der Waals surface area contributed by atoms with Gasteiger partial charge in [-0.25, -0.2) is 0 Å². The lowest BCUT2D eigenvalue weighted by molar-refractivity contribution is -0.0428. The Kier molecular flexibility index (Phi) is 6.53. The maximum absolute atomic E-state index is 10.3. The summed E-state index contributed by atoms with van der Waals surface area (Å²) in [4.78, 5) is 0. The largest absolute Gasteiger partial charge is 0.393 e. The lowest BCUT2D eigenvalue weighted by Gasteiger charge is -2.57. The summed E-state index contributed by atoms with van der Waals surface area (Å²) in [5.41, 5.74) is 2.88. The molecule has 0 saturated heterocycles. The molecule has 0 bridgehead atoms. The van der Waals surface area contributed by atoms with Crippen LogP contribution in [0.5, 0.6) is 0 Å². The van der Waals surface area contributed by atoms with Gasteiger partial charge in [0.15, 0.2) is 0 Å². The maximum Gasteiger partial charge on any atom is 0.0543 e. The van der Waals surface area contributed by atoms with Crippen molar-refractivity contribution in [2.75, 3.05) is 0 Å². The van der Waals surface area contributed by atoms with Gasteiger partial charge < -0.3 is 5.11 Å². The third-order valence-electron chi connectivity index (χ3n) is 11.3. The SMILES string of the molecule is CC[C@@H](CC[C@@H](C)[C@H]1CC[C@H]2C3=CC[C@H]4C[C@@H](O)CC[C@]4(C)[C@H]3CC[C@]12C)C(C)C. The highest BCUT2D eigenvalue weighted by Gasteiger charge is 2.58. The molecule has 1 nitrogen and oxygen atoms in total. The Hall–Kier alpha value is -0.300. The van der Waals surface area contributed by atoms with Crippen molar-refractivity contribution in [2.45, 2.75) is 118 Å². The highest BCUT2D eigenvalue weighted by Crippen LogP contribution is 2.67. The van der Waals surface area contributed by atoms with E-state index in [0.717, 1.165) is 54.3 Å². The normalized spacial score (nSPS) is 45.3. The zero-order valence-electron chi connectivity index (χ0n) is 20.9.